The average molecular weight is 307 g/mol. The van der Waals surface area contributed by atoms with Gasteiger partial charge in [0.05, 0.1) is 6.61 Å². The van der Waals surface area contributed by atoms with Gasteiger partial charge in [0.1, 0.15) is 0 Å². The van der Waals surface area contributed by atoms with Crippen LogP contribution in [0.15, 0.2) is 30.3 Å². The van der Waals surface area contributed by atoms with E-state index in [1.54, 1.807) is 11.8 Å². The van der Waals surface area contributed by atoms with Gasteiger partial charge in [-0.3, -0.25) is 5.32 Å². The van der Waals surface area contributed by atoms with Crippen molar-refractivity contribution in [3.63, 3.8) is 0 Å². The molecule has 0 aliphatic heterocycles. The maximum absolute atomic E-state index is 12.7. The van der Waals surface area contributed by atoms with Gasteiger partial charge in [-0.05, 0) is 30.6 Å². The number of esters is 1. The van der Waals surface area contributed by atoms with Crippen LogP contribution in [0.5, 0.6) is 0 Å². The predicted octanol–water partition coefficient (Wildman–Crippen LogP) is 3.34. The molecule has 21 heavy (non-hydrogen) atoms. The number of rotatable bonds is 8. The number of carbonyl (C=O) groups excluding carboxylic acids is 1. The molecule has 1 aromatic carbocycles. The summed E-state index contributed by atoms with van der Waals surface area (Å²) in [7, 11) is 0. The molecule has 1 aliphatic rings. The summed E-state index contributed by atoms with van der Waals surface area (Å²) in [6, 6.07) is 10.4. The fourth-order valence-corrected chi connectivity index (χ4v) is 3.24. The molecule has 2 rings (SSSR count). The lowest BCUT2D eigenvalue weighted by Crippen LogP contribution is -2.53. The minimum Gasteiger partial charge on any atom is -0.464 e. The Balaban J connectivity index is 2.33. The normalized spacial score (nSPS) is 17.5. The lowest BCUT2D eigenvalue weighted by molar-refractivity contribution is -0.150. The molecule has 4 heteroatoms. The van der Waals surface area contributed by atoms with E-state index in [2.05, 4.69) is 19.2 Å². The maximum atomic E-state index is 12.7. The highest BCUT2D eigenvalue weighted by atomic mass is 32.2. The number of carbonyl (C=O) groups is 1. The van der Waals surface area contributed by atoms with Crippen LogP contribution in [0, 0.1) is 0 Å². The van der Waals surface area contributed by atoms with E-state index >= 15 is 0 Å². The van der Waals surface area contributed by atoms with Crippen molar-refractivity contribution >= 4 is 17.7 Å². The van der Waals surface area contributed by atoms with Crippen molar-refractivity contribution in [1.29, 1.82) is 0 Å². The van der Waals surface area contributed by atoms with E-state index in [0.717, 1.165) is 18.4 Å². The van der Waals surface area contributed by atoms with Crippen molar-refractivity contribution in [1.82, 2.24) is 5.32 Å². The topological polar surface area (TPSA) is 38.3 Å². The highest BCUT2D eigenvalue weighted by Gasteiger charge is 2.45. The van der Waals surface area contributed by atoms with Crippen LogP contribution in [-0.2, 0) is 15.1 Å². The first-order valence-corrected chi connectivity index (χ1v) is 8.75. The summed E-state index contributed by atoms with van der Waals surface area (Å²) in [5, 5.41) is 4.04. The zero-order chi connectivity index (χ0) is 15.3. The molecule has 0 heterocycles. The Morgan fingerprint density at radius 1 is 1.38 bits per heavy atom. The Hall–Kier alpha value is -1.00. The fourth-order valence-electron chi connectivity index (χ4n) is 2.29. The number of hydrogen-bond acceptors (Lipinski definition) is 4. The fraction of sp³-hybridized carbons (Fsp3) is 0.588. The predicted molar refractivity (Wildman–Crippen MR) is 88.5 cm³/mol. The maximum Gasteiger partial charge on any atom is 0.331 e. The minimum atomic E-state index is -0.729. The molecule has 1 aromatic rings. The quantitative estimate of drug-likeness (QED) is 0.748. The van der Waals surface area contributed by atoms with Crippen LogP contribution in [-0.4, -0.2) is 29.6 Å². The number of hydrogen-bond donors (Lipinski definition) is 1. The molecular formula is C17H25NO2S. The van der Waals surface area contributed by atoms with Gasteiger partial charge in [-0.1, -0.05) is 44.2 Å². The van der Waals surface area contributed by atoms with Crippen LogP contribution in [0.3, 0.4) is 0 Å². The molecule has 116 valence electrons. The standard InChI is InChI=1S/C17H25NO2S/c1-4-20-16(19)17(12-21-13(2)3,18-15-10-11-15)14-8-6-5-7-9-14/h5-9,13,15,18H,4,10-12H2,1-3H3. The molecule has 1 N–H and O–H groups in total. The number of thioether (sulfide) groups is 1. The second-order valence-corrected chi connectivity index (χ2v) is 7.34. The Bertz CT molecular complexity index is 459. The molecule has 1 aliphatic carbocycles. The molecule has 0 radical (unpaired) electrons. The second-order valence-electron chi connectivity index (χ2n) is 5.77. The van der Waals surface area contributed by atoms with E-state index in [1.165, 1.54) is 0 Å². The van der Waals surface area contributed by atoms with Crippen molar-refractivity contribution < 1.29 is 9.53 Å². The molecule has 0 saturated heterocycles. The third-order valence-corrected chi connectivity index (χ3v) is 4.82. The summed E-state index contributed by atoms with van der Waals surface area (Å²) < 4.78 is 5.41. The SMILES string of the molecule is CCOC(=O)C(CSC(C)C)(NC1CC1)c1ccccc1. The number of nitrogens with one attached hydrogen (secondary N) is 1. The monoisotopic (exact) mass is 307 g/mol. The zero-order valence-electron chi connectivity index (χ0n) is 13.1. The summed E-state index contributed by atoms with van der Waals surface area (Å²) in [6.45, 7) is 6.58. The van der Waals surface area contributed by atoms with Gasteiger partial charge in [-0.25, -0.2) is 4.79 Å². The van der Waals surface area contributed by atoms with Crippen molar-refractivity contribution in [3.05, 3.63) is 35.9 Å². The van der Waals surface area contributed by atoms with Gasteiger partial charge in [0.15, 0.2) is 5.54 Å². The van der Waals surface area contributed by atoms with Crippen molar-refractivity contribution in [2.45, 2.75) is 50.4 Å². The molecular weight excluding hydrogens is 282 g/mol. The second kappa shape index (κ2) is 7.32. The number of benzene rings is 1. The highest BCUT2D eigenvalue weighted by molar-refractivity contribution is 7.99. The summed E-state index contributed by atoms with van der Waals surface area (Å²) in [5.41, 5.74) is 0.274. The molecule has 1 saturated carbocycles. The first-order valence-electron chi connectivity index (χ1n) is 7.70. The van der Waals surface area contributed by atoms with Crippen LogP contribution in [0.1, 0.15) is 39.2 Å². The summed E-state index contributed by atoms with van der Waals surface area (Å²) in [5.74, 6) is 0.542. The van der Waals surface area contributed by atoms with Crippen molar-refractivity contribution in [3.8, 4) is 0 Å². The Labute approximate surface area is 131 Å². The van der Waals surface area contributed by atoms with Crippen molar-refractivity contribution in [2.75, 3.05) is 12.4 Å². The third kappa shape index (κ3) is 4.24. The summed E-state index contributed by atoms with van der Waals surface area (Å²) in [4.78, 5) is 12.7. The third-order valence-electron chi connectivity index (χ3n) is 3.55. The Kier molecular flexibility index (Phi) is 5.71. The Morgan fingerprint density at radius 3 is 2.57 bits per heavy atom. The lowest BCUT2D eigenvalue weighted by atomic mass is 9.91. The van der Waals surface area contributed by atoms with Gasteiger partial charge in [0.25, 0.3) is 0 Å². The van der Waals surface area contributed by atoms with E-state index in [-0.39, 0.29) is 5.97 Å². The van der Waals surface area contributed by atoms with Gasteiger partial charge in [0.2, 0.25) is 0 Å². The number of ether oxygens (including phenoxy) is 1. The van der Waals surface area contributed by atoms with Gasteiger partial charge >= 0.3 is 5.97 Å². The van der Waals surface area contributed by atoms with Crippen LogP contribution >= 0.6 is 11.8 Å². The van der Waals surface area contributed by atoms with Crippen molar-refractivity contribution in [2.24, 2.45) is 0 Å². The van der Waals surface area contributed by atoms with Crippen LogP contribution in [0.2, 0.25) is 0 Å². The first kappa shape index (κ1) is 16.4. The molecule has 0 aromatic heterocycles. The van der Waals surface area contributed by atoms with Crippen LogP contribution < -0.4 is 5.32 Å². The molecule has 1 atom stereocenters. The molecule has 1 fully saturated rings. The largest absolute Gasteiger partial charge is 0.464 e. The van der Waals surface area contributed by atoms with Crippen LogP contribution in [0.4, 0.5) is 0 Å². The average Bonchev–Trinajstić information content (AvgIpc) is 3.28. The highest BCUT2D eigenvalue weighted by Crippen LogP contribution is 2.33. The van der Waals surface area contributed by atoms with E-state index in [4.69, 9.17) is 4.74 Å². The zero-order valence-corrected chi connectivity index (χ0v) is 13.9. The van der Waals surface area contributed by atoms with E-state index in [0.29, 0.717) is 23.7 Å². The molecule has 0 bridgehead atoms. The smallest absolute Gasteiger partial charge is 0.331 e. The molecule has 0 amide bonds. The van der Waals surface area contributed by atoms with Gasteiger partial charge < -0.3 is 4.74 Å². The molecule has 0 spiro atoms. The van der Waals surface area contributed by atoms with E-state index in [1.807, 2.05) is 37.3 Å². The van der Waals surface area contributed by atoms with Gasteiger partial charge in [-0.2, -0.15) is 11.8 Å². The molecule has 1 unspecified atom stereocenters. The lowest BCUT2D eigenvalue weighted by Gasteiger charge is -2.33. The Morgan fingerprint density at radius 2 is 2.05 bits per heavy atom. The molecule has 3 nitrogen and oxygen atoms in total. The first-order chi connectivity index (χ1) is 10.1. The van der Waals surface area contributed by atoms with Crippen LogP contribution in [0.25, 0.3) is 0 Å². The van der Waals surface area contributed by atoms with E-state index in [9.17, 15) is 4.79 Å². The van der Waals surface area contributed by atoms with Gasteiger partial charge in [-0.15, -0.1) is 0 Å². The van der Waals surface area contributed by atoms with E-state index < -0.39 is 5.54 Å². The van der Waals surface area contributed by atoms with Gasteiger partial charge in [0, 0.05) is 11.8 Å². The summed E-state index contributed by atoms with van der Waals surface area (Å²) in [6.07, 6.45) is 2.28. The minimum absolute atomic E-state index is 0.156. The summed E-state index contributed by atoms with van der Waals surface area (Å²) >= 11 is 1.79.